The number of halogens is 1. The Morgan fingerprint density at radius 1 is 1.61 bits per heavy atom. The van der Waals surface area contributed by atoms with Gasteiger partial charge in [0.2, 0.25) is 0 Å². The molecule has 0 saturated carbocycles. The molecule has 1 aromatic heterocycles. The van der Waals surface area contributed by atoms with Crippen molar-refractivity contribution in [2.45, 2.75) is 30.0 Å². The van der Waals surface area contributed by atoms with Crippen LogP contribution in [0.3, 0.4) is 0 Å². The van der Waals surface area contributed by atoms with Crippen molar-refractivity contribution in [2.75, 3.05) is 13.1 Å². The van der Waals surface area contributed by atoms with E-state index in [2.05, 4.69) is 22.9 Å². The second-order valence-corrected chi connectivity index (χ2v) is 8.44. The van der Waals surface area contributed by atoms with Gasteiger partial charge in [-0.2, -0.15) is 4.31 Å². The van der Waals surface area contributed by atoms with Crippen LogP contribution in [0.25, 0.3) is 0 Å². The van der Waals surface area contributed by atoms with Crippen LogP contribution >= 0.6 is 27.3 Å². The van der Waals surface area contributed by atoms with Gasteiger partial charge in [0.1, 0.15) is 4.21 Å². The monoisotopic (exact) mass is 352 g/mol. The molecule has 102 valence electrons. The highest BCUT2D eigenvalue weighted by atomic mass is 79.9. The van der Waals surface area contributed by atoms with E-state index in [1.165, 1.54) is 11.3 Å². The molecule has 0 spiro atoms. The fourth-order valence-electron chi connectivity index (χ4n) is 2.25. The quantitative estimate of drug-likeness (QED) is 0.907. The third-order valence-corrected chi connectivity index (χ3v) is 7.95. The zero-order valence-corrected chi connectivity index (χ0v) is 13.4. The van der Waals surface area contributed by atoms with Gasteiger partial charge in [0.15, 0.2) is 0 Å². The molecule has 1 saturated heterocycles. The van der Waals surface area contributed by atoms with Crippen LogP contribution in [0.5, 0.6) is 0 Å². The largest absolute Gasteiger partial charge is 0.327 e. The second-order valence-electron chi connectivity index (χ2n) is 4.54. The SMILES string of the molecule is CCC1CN(S(=O)(=O)c2sccc2Br)CCC1N. The average molecular weight is 353 g/mol. The minimum atomic E-state index is -3.37. The molecule has 2 N–H and O–H groups in total. The molecule has 1 aromatic rings. The van der Waals surface area contributed by atoms with E-state index < -0.39 is 10.0 Å². The van der Waals surface area contributed by atoms with Crippen LogP contribution in [0, 0.1) is 5.92 Å². The summed E-state index contributed by atoms with van der Waals surface area (Å²) in [6.45, 7) is 3.11. The van der Waals surface area contributed by atoms with Crippen molar-refractivity contribution in [1.29, 1.82) is 0 Å². The Kier molecular flexibility index (Phi) is 4.48. The molecule has 2 atom stereocenters. The Bertz CT molecular complexity index is 515. The van der Waals surface area contributed by atoms with Gasteiger partial charge in [-0.3, -0.25) is 0 Å². The van der Waals surface area contributed by atoms with Crippen LogP contribution in [0.1, 0.15) is 19.8 Å². The summed E-state index contributed by atoms with van der Waals surface area (Å²) in [7, 11) is -3.37. The third-order valence-electron chi connectivity index (χ3n) is 3.44. The highest BCUT2D eigenvalue weighted by Crippen LogP contribution is 2.32. The highest BCUT2D eigenvalue weighted by Gasteiger charge is 2.34. The number of piperidine rings is 1. The highest BCUT2D eigenvalue weighted by molar-refractivity contribution is 9.10. The molecule has 2 rings (SSSR count). The Morgan fingerprint density at radius 2 is 2.33 bits per heavy atom. The van der Waals surface area contributed by atoms with Gasteiger partial charge in [0.05, 0.1) is 0 Å². The number of thiophene rings is 1. The summed E-state index contributed by atoms with van der Waals surface area (Å²) < 4.78 is 27.6. The molecule has 0 bridgehead atoms. The van der Waals surface area contributed by atoms with E-state index in [1.54, 1.807) is 15.8 Å². The Labute approximate surface area is 120 Å². The fourth-order valence-corrected chi connectivity index (χ4v) is 6.21. The maximum Gasteiger partial charge on any atom is 0.253 e. The zero-order chi connectivity index (χ0) is 13.3. The molecule has 1 fully saturated rings. The predicted molar refractivity (Wildman–Crippen MR) is 77.2 cm³/mol. The molecule has 0 aliphatic carbocycles. The third kappa shape index (κ3) is 2.65. The van der Waals surface area contributed by atoms with Crippen molar-refractivity contribution >= 4 is 37.3 Å². The summed E-state index contributed by atoms with van der Waals surface area (Å²) in [5, 5.41) is 1.78. The topological polar surface area (TPSA) is 63.4 Å². The van der Waals surface area contributed by atoms with Crippen LogP contribution < -0.4 is 5.73 Å². The van der Waals surface area contributed by atoms with E-state index in [4.69, 9.17) is 5.73 Å². The van der Waals surface area contributed by atoms with Crippen LogP contribution in [0.15, 0.2) is 20.1 Å². The van der Waals surface area contributed by atoms with Gasteiger partial charge in [-0.15, -0.1) is 11.3 Å². The molecule has 0 radical (unpaired) electrons. The van der Waals surface area contributed by atoms with Gasteiger partial charge in [0, 0.05) is 23.6 Å². The summed E-state index contributed by atoms with van der Waals surface area (Å²) in [4.78, 5) is 0. The lowest BCUT2D eigenvalue weighted by Gasteiger charge is -2.35. The van der Waals surface area contributed by atoms with Crippen molar-refractivity contribution in [3.63, 3.8) is 0 Å². The van der Waals surface area contributed by atoms with E-state index in [0.717, 1.165) is 12.8 Å². The summed E-state index contributed by atoms with van der Waals surface area (Å²) in [5.74, 6) is 0.257. The van der Waals surface area contributed by atoms with E-state index in [9.17, 15) is 8.42 Å². The molecule has 4 nitrogen and oxygen atoms in total. The average Bonchev–Trinajstić information content (AvgIpc) is 2.76. The lowest BCUT2D eigenvalue weighted by molar-refractivity contribution is 0.231. The second kappa shape index (κ2) is 5.58. The van der Waals surface area contributed by atoms with E-state index in [-0.39, 0.29) is 12.0 Å². The fraction of sp³-hybridized carbons (Fsp3) is 0.636. The van der Waals surface area contributed by atoms with E-state index in [0.29, 0.717) is 21.8 Å². The number of nitrogens with two attached hydrogens (primary N) is 1. The van der Waals surface area contributed by atoms with Crippen molar-refractivity contribution in [3.05, 3.63) is 15.9 Å². The van der Waals surface area contributed by atoms with Crippen LogP contribution in [0.4, 0.5) is 0 Å². The number of nitrogens with zero attached hydrogens (tertiary/aromatic N) is 1. The minimum absolute atomic E-state index is 0.119. The minimum Gasteiger partial charge on any atom is -0.327 e. The first kappa shape index (κ1) is 14.5. The summed E-state index contributed by atoms with van der Waals surface area (Å²) in [6.07, 6.45) is 1.65. The first-order valence-corrected chi connectivity index (χ1v) is 9.06. The van der Waals surface area contributed by atoms with Gasteiger partial charge in [-0.25, -0.2) is 8.42 Å². The maximum atomic E-state index is 12.5. The van der Waals surface area contributed by atoms with Crippen molar-refractivity contribution in [2.24, 2.45) is 11.7 Å². The molecular weight excluding hydrogens is 336 g/mol. The summed E-state index contributed by atoms with van der Waals surface area (Å²) >= 11 is 4.54. The smallest absolute Gasteiger partial charge is 0.253 e. The van der Waals surface area contributed by atoms with E-state index >= 15 is 0 Å². The van der Waals surface area contributed by atoms with Gasteiger partial charge < -0.3 is 5.73 Å². The molecule has 0 amide bonds. The molecule has 0 aromatic carbocycles. The summed E-state index contributed by atoms with van der Waals surface area (Å²) in [6, 6.07) is 1.89. The molecule has 2 heterocycles. The molecule has 7 heteroatoms. The first-order valence-electron chi connectivity index (χ1n) is 5.95. The van der Waals surface area contributed by atoms with Crippen LogP contribution in [-0.4, -0.2) is 31.9 Å². The Morgan fingerprint density at radius 3 is 2.89 bits per heavy atom. The number of hydrogen-bond donors (Lipinski definition) is 1. The maximum absolute atomic E-state index is 12.5. The number of sulfonamides is 1. The van der Waals surface area contributed by atoms with E-state index in [1.807, 2.05) is 0 Å². The lowest BCUT2D eigenvalue weighted by atomic mass is 9.92. The van der Waals surface area contributed by atoms with Crippen LogP contribution in [0.2, 0.25) is 0 Å². The molecule has 1 aliphatic rings. The zero-order valence-electron chi connectivity index (χ0n) is 10.2. The number of rotatable bonds is 3. The molecule has 18 heavy (non-hydrogen) atoms. The lowest BCUT2D eigenvalue weighted by Crippen LogP contribution is -2.48. The van der Waals surface area contributed by atoms with Crippen molar-refractivity contribution in [3.8, 4) is 0 Å². The number of hydrogen-bond acceptors (Lipinski definition) is 4. The van der Waals surface area contributed by atoms with Gasteiger partial charge in [0.25, 0.3) is 10.0 Å². The standard InChI is InChI=1S/C11H17BrN2O2S2/c1-2-8-7-14(5-3-10(8)13)18(15,16)11-9(12)4-6-17-11/h4,6,8,10H,2-3,5,7,13H2,1H3. The molecule has 2 unspecified atom stereocenters. The Balaban J connectivity index is 2.24. The molecular formula is C11H17BrN2O2S2. The summed E-state index contributed by atoms with van der Waals surface area (Å²) in [5.41, 5.74) is 6.02. The molecule has 1 aliphatic heterocycles. The first-order chi connectivity index (χ1) is 8.46. The predicted octanol–water partition coefficient (Wildman–Crippen LogP) is 2.26. The normalized spacial score (nSPS) is 26.4. The van der Waals surface area contributed by atoms with Gasteiger partial charge >= 0.3 is 0 Å². The van der Waals surface area contributed by atoms with Gasteiger partial charge in [-0.05, 0) is 39.7 Å². The Hall–Kier alpha value is 0.0500. The van der Waals surface area contributed by atoms with Gasteiger partial charge in [-0.1, -0.05) is 13.3 Å². The van der Waals surface area contributed by atoms with Crippen molar-refractivity contribution < 1.29 is 8.42 Å². The van der Waals surface area contributed by atoms with Crippen molar-refractivity contribution in [1.82, 2.24) is 4.31 Å². The van der Waals surface area contributed by atoms with Crippen LogP contribution in [-0.2, 0) is 10.0 Å².